The molecule has 1 aromatic carbocycles. The van der Waals surface area contributed by atoms with Gasteiger partial charge in [-0.2, -0.15) is 0 Å². The molecule has 0 bridgehead atoms. The summed E-state index contributed by atoms with van der Waals surface area (Å²) >= 11 is 5.98. The van der Waals surface area contributed by atoms with Crippen LogP contribution in [0.4, 0.5) is 0 Å². The van der Waals surface area contributed by atoms with Crippen molar-refractivity contribution in [2.75, 3.05) is 6.54 Å². The summed E-state index contributed by atoms with van der Waals surface area (Å²) in [6.07, 6.45) is 4.11. The highest BCUT2D eigenvalue weighted by Crippen LogP contribution is 2.28. The lowest BCUT2D eigenvalue weighted by atomic mass is 10.0. The highest BCUT2D eigenvalue weighted by Gasteiger charge is 2.12. The summed E-state index contributed by atoms with van der Waals surface area (Å²) in [5.41, 5.74) is 1.34. The van der Waals surface area contributed by atoms with Gasteiger partial charge in [-0.05, 0) is 65.7 Å². The zero-order chi connectivity index (χ0) is 12.0. The first-order chi connectivity index (χ1) is 7.69. The van der Waals surface area contributed by atoms with E-state index < -0.39 is 0 Å². The Morgan fingerprint density at radius 3 is 2.94 bits per heavy atom. The zero-order valence-corrected chi connectivity index (χ0v) is 13.2. The highest BCUT2D eigenvalue weighted by atomic mass is 127. The highest BCUT2D eigenvalue weighted by molar-refractivity contribution is 14.1. The standard InChI is InChI=1S/C13H17BrIN/c1-3-5-6-13(16-4-2)11-9-10(15)7-8-12(11)14/h3,7-9,13,16H,1,4-6H2,2H3. The van der Waals surface area contributed by atoms with Crippen LogP contribution < -0.4 is 5.32 Å². The second-order valence-corrected chi connectivity index (χ2v) is 5.74. The first-order valence-electron chi connectivity index (χ1n) is 5.48. The third-order valence-electron chi connectivity index (χ3n) is 2.44. The third-order valence-corrected chi connectivity index (χ3v) is 3.84. The van der Waals surface area contributed by atoms with Crippen LogP contribution in [0.3, 0.4) is 0 Å². The summed E-state index contributed by atoms with van der Waals surface area (Å²) in [6, 6.07) is 6.88. The molecule has 0 heterocycles. The van der Waals surface area contributed by atoms with Crippen LogP contribution in [0.1, 0.15) is 31.4 Å². The predicted octanol–water partition coefficient (Wildman–Crippen LogP) is 4.67. The quantitative estimate of drug-likeness (QED) is 0.547. The van der Waals surface area contributed by atoms with Crippen molar-refractivity contribution in [3.63, 3.8) is 0 Å². The maximum Gasteiger partial charge on any atom is 0.0334 e. The lowest BCUT2D eigenvalue weighted by Gasteiger charge is -2.19. The van der Waals surface area contributed by atoms with E-state index in [1.807, 2.05) is 6.08 Å². The van der Waals surface area contributed by atoms with Crippen LogP contribution in [0, 0.1) is 3.57 Å². The largest absolute Gasteiger partial charge is 0.310 e. The van der Waals surface area contributed by atoms with Crippen molar-refractivity contribution >= 4 is 38.5 Å². The van der Waals surface area contributed by atoms with Gasteiger partial charge in [0.15, 0.2) is 0 Å². The molecule has 1 unspecified atom stereocenters. The Labute approximate surface area is 120 Å². The molecule has 1 nitrogen and oxygen atoms in total. The van der Waals surface area contributed by atoms with E-state index in [4.69, 9.17) is 0 Å². The summed E-state index contributed by atoms with van der Waals surface area (Å²) in [5, 5.41) is 3.52. The molecule has 1 N–H and O–H groups in total. The summed E-state index contributed by atoms with van der Waals surface area (Å²) in [4.78, 5) is 0. The predicted molar refractivity (Wildman–Crippen MR) is 82.7 cm³/mol. The Balaban J connectivity index is 2.89. The molecule has 0 saturated carbocycles. The minimum absolute atomic E-state index is 0.409. The Morgan fingerprint density at radius 1 is 1.56 bits per heavy atom. The molecule has 3 heteroatoms. The molecule has 1 atom stereocenters. The Hall–Kier alpha value is 0.130. The maximum absolute atomic E-state index is 3.79. The van der Waals surface area contributed by atoms with E-state index in [1.54, 1.807) is 0 Å². The molecule has 1 aromatic rings. The average Bonchev–Trinajstić information content (AvgIpc) is 2.28. The minimum Gasteiger partial charge on any atom is -0.310 e. The van der Waals surface area contributed by atoms with Gasteiger partial charge in [-0.1, -0.05) is 28.9 Å². The van der Waals surface area contributed by atoms with Crippen molar-refractivity contribution in [2.45, 2.75) is 25.8 Å². The normalized spacial score (nSPS) is 12.4. The number of nitrogens with one attached hydrogen (secondary N) is 1. The first-order valence-corrected chi connectivity index (χ1v) is 7.35. The zero-order valence-electron chi connectivity index (χ0n) is 9.47. The number of hydrogen-bond donors (Lipinski definition) is 1. The van der Waals surface area contributed by atoms with Gasteiger partial charge in [0.2, 0.25) is 0 Å². The lowest BCUT2D eigenvalue weighted by Crippen LogP contribution is -2.21. The van der Waals surface area contributed by atoms with Crippen LogP contribution in [-0.2, 0) is 0 Å². The third kappa shape index (κ3) is 4.18. The smallest absolute Gasteiger partial charge is 0.0334 e. The van der Waals surface area contributed by atoms with Gasteiger partial charge in [-0.3, -0.25) is 0 Å². The molecule has 1 rings (SSSR count). The van der Waals surface area contributed by atoms with Crippen molar-refractivity contribution in [1.82, 2.24) is 5.32 Å². The topological polar surface area (TPSA) is 12.0 Å². The van der Waals surface area contributed by atoms with Gasteiger partial charge in [0.25, 0.3) is 0 Å². The molecule has 0 aliphatic carbocycles. The van der Waals surface area contributed by atoms with Crippen molar-refractivity contribution < 1.29 is 0 Å². The summed E-state index contributed by atoms with van der Waals surface area (Å²) in [7, 11) is 0. The van der Waals surface area contributed by atoms with E-state index in [1.165, 1.54) is 13.6 Å². The van der Waals surface area contributed by atoms with Gasteiger partial charge in [0.1, 0.15) is 0 Å². The Morgan fingerprint density at radius 2 is 2.31 bits per heavy atom. The fourth-order valence-corrected chi connectivity index (χ4v) is 2.72. The molecule has 0 aromatic heterocycles. The minimum atomic E-state index is 0.409. The van der Waals surface area contributed by atoms with Gasteiger partial charge in [-0.15, -0.1) is 6.58 Å². The molecule has 0 aliphatic rings. The van der Waals surface area contributed by atoms with E-state index in [2.05, 4.69) is 75.5 Å². The number of halogens is 2. The number of allylic oxidation sites excluding steroid dienone is 1. The van der Waals surface area contributed by atoms with Gasteiger partial charge >= 0.3 is 0 Å². The van der Waals surface area contributed by atoms with E-state index in [9.17, 15) is 0 Å². The Kier molecular flexibility index (Phi) is 6.61. The molecular weight excluding hydrogens is 377 g/mol. The molecule has 0 aliphatic heterocycles. The fraction of sp³-hybridized carbons (Fsp3) is 0.385. The number of hydrogen-bond acceptors (Lipinski definition) is 1. The maximum atomic E-state index is 3.79. The van der Waals surface area contributed by atoms with Crippen LogP contribution >= 0.6 is 38.5 Å². The van der Waals surface area contributed by atoms with Gasteiger partial charge in [-0.25, -0.2) is 0 Å². The van der Waals surface area contributed by atoms with Gasteiger partial charge in [0.05, 0.1) is 0 Å². The van der Waals surface area contributed by atoms with Gasteiger partial charge < -0.3 is 5.32 Å². The van der Waals surface area contributed by atoms with Crippen LogP contribution in [0.25, 0.3) is 0 Å². The average molecular weight is 394 g/mol. The molecule has 16 heavy (non-hydrogen) atoms. The molecule has 0 spiro atoms. The first kappa shape index (κ1) is 14.2. The summed E-state index contributed by atoms with van der Waals surface area (Å²) in [6.45, 7) is 6.91. The Bertz CT molecular complexity index is 352. The van der Waals surface area contributed by atoms with E-state index in [-0.39, 0.29) is 0 Å². The fourth-order valence-electron chi connectivity index (χ4n) is 1.68. The summed E-state index contributed by atoms with van der Waals surface area (Å²) in [5.74, 6) is 0. The van der Waals surface area contributed by atoms with Crippen LogP contribution in [0.5, 0.6) is 0 Å². The molecular formula is C13H17BrIN. The van der Waals surface area contributed by atoms with E-state index >= 15 is 0 Å². The van der Waals surface area contributed by atoms with Crippen molar-refractivity contribution in [1.29, 1.82) is 0 Å². The van der Waals surface area contributed by atoms with Crippen molar-refractivity contribution in [3.05, 3.63) is 44.5 Å². The molecule has 0 radical (unpaired) electrons. The second-order valence-electron chi connectivity index (χ2n) is 3.64. The lowest BCUT2D eigenvalue weighted by molar-refractivity contribution is 0.518. The molecule has 0 fully saturated rings. The monoisotopic (exact) mass is 393 g/mol. The number of rotatable bonds is 6. The van der Waals surface area contributed by atoms with Crippen LogP contribution in [-0.4, -0.2) is 6.54 Å². The summed E-state index contributed by atoms with van der Waals surface area (Å²) < 4.78 is 2.46. The molecule has 0 amide bonds. The SMILES string of the molecule is C=CCCC(NCC)c1cc(I)ccc1Br. The molecule has 88 valence electrons. The molecule has 0 saturated heterocycles. The van der Waals surface area contributed by atoms with Gasteiger partial charge in [0, 0.05) is 14.1 Å². The van der Waals surface area contributed by atoms with Crippen LogP contribution in [0.2, 0.25) is 0 Å². The van der Waals surface area contributed by atoms with Crippen molar-refractivity contribution in [2.24, 2.45) is 0 Å². The van der Waals surface area contributed by atoms with E-state index in [0.717, 1.165) is 19.4 Å². The number of benzene rings is 1. The second kappa shape index (κ2) is 7.45. The van der Waals surface area contributed by atoms with Crippen LogP contribution in [0.15, 0.2) is 35.3 Å². The van der Waals surface area contributed by atoms with Crippen molar-refractivity contribution in [3.8, 4) is 0 Å². The van der Waals surface area contributed by atoms with E-state index in [0.29, 0.717) is 6.04 Å².